The van der Waals surface area contributed by atoms with Crippen LogP contribution in [-0.2, 0) is 11.3 Å². The number of hydrogen-bond acceptors (Lipinski definition) is 4. The Morgan fingerprint density at radius 3 is 2.85 bits per heavy atom. The maximum absolute atomic E-state index is 5.27. The van der Waals surface area contributed by atoms with Crippen LogP contribution in [0.4, 0.5) is 0 Å². The van der Waals surface area contributed by atoms with Gasteiger partial charge < -0.3 is 10.5 Å². The Morgan fingerprint density at radius 2 is 2.31 bits per heavy atom. The van der Waals surface area contributed by atoms with Crippen LogP contribution in [0.3, 0.4) is 0 Å². The Kier molecular flexibility index (Phi) is 3.85. The molecule has 0 radical (unpaired) electrons. The molecule has 0 bridgehead atoms. The molecule has 74 valence electrons. The highest BCUT2D eigenvalue weighted by molar-refractivity contribution is 4.93. The fourth-order valence-corrected chi connectivity index (χ4v) is 0.885. The second-order valence-corrected chi connectivity index (χ2v) is 3.14. The van der Waals surface area contributed by atoms with Gasteiger partial charge in [-0.3, -0.25) is 5.10 Å². The molecule has 1 heterocycles. The van der Waals surface area contributed by atoms with Crippen molar-refractivity contribution in [3.8, 4) is 0 Å². The minimum absolute atomic E-state index is 0.347. The second-order valence-electron chi connectivity index (χ2n) is 3.14. The lowest BCUT2D eigenvalue weighted by Gasteiger charge is -1.97. The van der Waals surface area contributed by atoms with Gasteiger partial charge in [0.15, 0.2) is 11.6 Å². The molecule has 0 aromatic carbocycles. The van der Waals surface area contributed by atoms with Gasteiger partial charge in [0, 0.05) is 12.5 Å². The summed E-state index contributed by atoms with van der Waals surface area (Å²) in [5.41, 5.74) is 5.27. The largest absolute Gasteiger partial charge is 0.372 e. The van der Waals surface area contributed by atoms with Gasteiger partial charge in [0.05, 0.1) is 6.61 Å². The average molecular weight is 184 g/mol. The fourth-order valence-electron chi connectivity index (χ4n) is 0.885. The molecule has 1 aromatic rings. The number of aromatic nitrogens is 3. The monoisotopic (exact) mass is 184 g/mol. The maximum atomic E-state index is 5.27. The Bertz CT molecular complexity index is 246. The predicted molar refractivity (Wildman–Crippen MR) is 49.2 cm³/mol. The summed E-state index contributed by atoms with van der Waals surface area (Å²) < 4.78 is 5.20. The maximum Gasteiger partial charge on any atom is 0.153 e. The number of nitrogens with two attached hydrogens (primary N) is 1. The summed E-state index contributed by atoms with van der Waals surface area (Å²) in [6.07, 6.45) is 0. The van der Waals surface area contributed by atoms with E-state index in [0.717, 1.165) is 11.6 Å². The Hall–Kier alpha value is -0.940. The van der Waals surface area contributed by atoms with Crippen molar-refractivity contribution < 1.29 is 4.74 Å². The third kappa shape index (κ3) is 3.12. The van der Waals surface area contributed by atoms with Crippen molar-refractivity contribution in [2.45, 2.75) is 26.4 Å². The van der Waals surface area contributed by atoms with Crippen LogP contribution in [0, 0.1) is 0 Å². The molecule has 0 unspecified atom stereocenters. The molecule has 0 saturated carbocycles. The summed E-state index contributed by atoms with van der Waals surface area (Å²) in [7, 11) is 0. The van der Waals surface area contributed by atoms with E-state index in [0.29, 0.717) is 25.7 Å². The Labute approximate surface area is 77.7 Å². The first-order valence-electron chi connectivity index (χ1n) is 4.43. The average Bonchev–Trinajstić information content (AvgIpc) is 2.53. The molecule has 5 heteroatoms. The van der Waals surface area contributed by atoms with Crippen LogP contribution >= 0.6 is 0 Å². The zero-order valence-corrected chi connectivity index (χ0v) is 8.08. The Morgan fingerprint density at radius 1 is 1.54 bits per heavy atom. The highest BCUT2D eigenvalue weighted by atomic mass is 16.5. The normalized spacial score (nSPS) is 11.1. The van der Waals surface area contributed by atoms with Crippen molar-refractivity contribution in [3.05, 3.63) is 11.6 Å². The molecule has 0 spiro atoms. The lowest BCUT2D eigenvalue weighted by atomic mass is 10.2. The van der Waals surface area contributed by atoms with Gasteiger partial charge in [-0.1, -0.05) is 13.8 Å². The van der Waals surface area contributed by atoms with E-state index in [4.69, 9.17) is 10.5 Å². The lowest BCUT2D eigenvalue weighted by molar-refractivity contribution is 0.123. The molecule has 3 N–H and O–H groups in total. The number of aromatic amines is 1. The molecule has 0 aliphatic carbocycles. The Balaban J connectivity index is 2.40. The van der Waals surface area contributed by atoms with Crippen molar-refractivity contribution in [1.82, 2.24) is 15.2 Å². The van der Waals surface area contributed by atoms with Crippen molar-refractivity contribution in [3.63, 3.8) is 0 Å². The van der Waals surface area contributed by atoms with Gasteiger partial charge in [-0.15, -0.1) is 0 Å². The summed E-state index contributed by atoms with van der Waals surface area (Å²) in [5, 5.41) is 6.87. The minimum atomic E-state index is 0.347. The smallest absolute Gasteiger partial charge is 0.153 e. The van der Waals surface area contributed by atoms with E-state index in [1.807, 2.05) is 13.8 Å². The summed E-state index contributed by atoms with van der Waals surface area (Å²) in [5.74, 6) is 1.93. The zero-order valence-electron chi connectivity index (χ0n) is 8.08. The lowest BCUT2D eigenvalue weighted by Crippen LogP contribution is -2.08. The molecule has 1 rings (SSSR count). The van der Waals surface area contributed by atoms with Crippen LogP contribution in [0.15, 0.2) is 0 Å². The third-order valence-electron chi connectivity index (χ3n) is 1.57. The molecule has 0 aliphatic rings. The molecule has 0 fully saturated rings. The van der Waals surface area contributed by atoms with Crippen LogP contribution in [0.2, 0.25) is 0 Å². The summed E-state index contributed by atoms with van der Waals surface area (Å²) in [6.45, 7) is 5.64. The van der Waals surface area contributed by atoms with E-state index >= 15 is 0 Å². The van der Waals surface area contributed by atoms with E-state index < -0.39 is 0 Å². The van der Waals surface area contributed by atoms with Gasteiger partial charge in [-0.05, 0) is 0 Å². The second kappa shape index (κ2) is 4.94. The van der Waals surface area contributed by atoms with Crippen LogP contribution in [0.5, 0.6) is 0 Å². The van der Waals surface area contributed by atoms with Crippen molar-refractivity contribution in [1.29, 1.82) is 0 Å². The number of nitrogens with one attached hydrogen (secondary N) is 1. The number of rotatable bonds is 5. The molecule has 1 aromatic heterocycles. The van der Waals surface area contributed by atoms with Gasteiger partial charge in [0.2, 0.25) is 0 Å². The number of ether oxygens (including phenoxy) is 1. The van der Waals surface area contributed by atoms with Gasteiger partial charge >= 0.3 is 0 Å². The van der Waals surface area contributed by atoms with Gasteiger partial charge in [-0.2, -0.15) is 5.10 Å². The molecule has 0 aliphatic heterocycles. The number of hydrogen-bond donors (Lipinski definition) is 2. The highest BCUT2D eigenvalue weighted by Gasteiger charge is 2.06. The predicted octanol–water partition coefficient (Wildman–Crippen LogP) is 0.403. The van der Waals surface area contributed by atoms with Gasteiger partial charge in [0.1, 0.15) is 6.61 Å². The molecule has 13 heavy (non-hydrogen) atoms. The molecular formula is C8H16N4O. The zero-order chi connectivity index (χ0) is 9.68. The first-order chi connectivity index (χ1) is 6.24. The highest BCUT2D eigenvalue weighted by Crippen LogP contribution is 2.07. The fraction of sp³-hybridized carbons (Fsp3) is 0.750. The van der Waals surface area contributed by atoms with Gasteiger partial charge in [0.25, 0.3) is 0 Å². The van der Waals surface area contributed by atoms with Gasteiger partial charge in [-0.25, -0.2) is 4.98 Å². The SMILES string of the molecule is CC(C)c1n[nH]c(COCCN)n1. The number of nitrogens with zero attached hydrogens (tertiary/aromatic N) is 2. The molecule has 0 saturated heterocycles. The summed E-state index contributed by atoms with van der Waals surface area (Å²) in [4.78, 5) is 4.25. The van der Waals surface area contributed by atoms with E-state index in [-0.39, 0.29) is 0 Å². The van der Waals surface area contributed by atoms with Crippen molar-refractivity contribution >= 4 is 0 Å². The van der Waals surface area contributed by atoms with E-state index in [1.165, 1.54) is 0 Å². The molecule has 0 atom stereocenters. The van der Waals surface area contributed by atoms with E-state index in [9.17, 15) is 0 Å². The standard InChI is InChI=1S/C8H16N4O/c1-6(2)8-10-7(11-12-8)5-13-4-3-9/h6H,3-5,9H2,1-2H3,(H,10,11,12). The van der Waals surface area contributed by atoms with E-state index in [1.54, 1.807) is 0 Å². The van der Waals surface area contributed by atoms with Crippen LogP contribution in [0.1, 0.15) is 31.4 Å². The summed E-state index contributed by atoms with van der Waals surface area (Å²) >= 11 is 0. The van der Waals surface area contributed by atoms with E-state index in [2.05, 4.69) is 15.2 Å². The van der Waals surface area contributed by atoms with Crippen LogP contribution in [0.25, 0.3) is 0 Å². The quantitative estimate of drug-likeness (QED) is 0.649. The minimum Gasteiger partial charge on any atom is -0.372 e. The first kappa shape index (κ1) is 10.1. The molecule has 0 amide bonds. The van der Waals surface area contributed by atoms with Crippen molar-refractivity contribution in [2.24, 2.45) is 5.73 Å². The first-order valence-corrected chi connectivity index (χ1v) is 4.43. The third-order valence-corrected chi connectivity index (χ3v) is 1.57. The van der Waals surface area contributed by atoms with Crippen molar-refractivity contribution in [2.75, 3.05) is 13.2 Å². The van der Waals surface area contributed by atoms with Crippen LogP contribution in [-0.4, -0.2) is 28.3 Å². The molecule has 5 nitrogen and oxygen atoms in total. The summed E-state index contributed by atoms with van der Waals surface area (Å²) in [6, 6.07) is 0. The molecular weight excluding hydrogens is 168 g/mol. The van der Waals surface area contributed by atoms with Crippen LogP contribution < -0.4 is 5.73 Å². The number of H-pyrrole nitrogens is 1. The topological polar surface area (TPSA) is 76.8 Å².